The fourth-order valence-corrected chi connectivity index (χ4v) is 6.07. The van der Waals surface area contributed by atoms with Crippen molar-refractivity contribution in [3.63, 3.8) is 0 Å². The highest BCUT2D eigenvalue weighted by atomic mass is 28.4. The Kier molecular flexibility index (Phi) is 8.03. The third kappa shape index (κ3) is 5.32. The predicted molar refractivity (Wildman–Crippen MR) is 85.7 cm³/mol. The van der Waals surface area contributed by atoms with Gasteiger partial charge in [0.1, 0.15) is 0 Å². The molecular formula is C16H32O3Si. The molecule has 1 rings (SSSR count). The van der Waals surface area contributed by atoms with Crippen LogP contribution in [0, 0.1) is 11.8 Å². The zero-order valence-corrected chi connectivity index (χ0v) is 14.9. The minimum Gasteiger partial charge on any atom is -0.374 e. The van der Waals surface area contributed by atoms with Gasteiger partial charge in [0.05, 0.1) is 0 Å². The van der Waals surface area contributed by atoms with E-state index in [4.69, 9.17) is 13.3 Å². The molecule has 1 aliphatic carbocycles. The number of hydrogen-bond acceptors (Lipinski definition) is 3. The van der Waals surface area contributed by atoms with Crippen LogP contribution >= 0.6 is 0 Å². The van der Waals surface area contributed by atoms with Crippen molar-refractivity contribution in [3.05, 3.63) is 11.6 Å². The van der Waals surface area contributed by atoms with E-state index in [-0.39, 0.29) is 0 Å². The minimum atomic E-state index is -2.48. The summed E-state index contributed by atoms with van der Waals surface area (Å²) in [6, 6.07) is 0.945. The molecule has 0 spiro atoms. The van der Waals surface area contributed by atoms with Gasteiger partial charge < -0.3 is 13.3 Å². The molecule has 0 fully saturated rings. The Morgan fingerprint density at radius 2 is 1.70 bits per heavy atom. The van der Waals surface area contributed by atoms with Gasteiger partial charge in [0.25, 0.3) is 0 Å². The molecular weight excluding hydrogens is 268 g/mol. The van der Waals surface area contributed by atoms with Gasteiger partial charge in [-0.25, -0.2) is 0 Å². The highest BCUT2D eigenvalue weighted by Crippen LogP contribution is 2.34. The molecule has 0 aromatic carbocycles. The van der Waals surface area contributed by atoms with E-state index >= 15 is 0 Å². The van der Waals surface area contributed by atoms with E-state index in [9.17, 15) is 0 Å². The van der Waals surface area contributed by atoms with Crippen LogP contribution in [0.15, 0.2) is 11.6 Å². The summed E-state index contributed by atoms with van der Waals surface area (Å²) in [5.74, 6) is 1.34. The molecule has 118 valence electrons. The Morgan fingerprint density at radius 3 is 2.10 bits per heavy atom. The van der Waals surface area contributed by atoms with Gasteiger partial charge in [0.15, 0.2) is 0 Å². The van der Waals surface area contributed by atoms with Gasteiger partial charge in [-0.1, -0.05) is 18.6 Å². The molecule has 0 radical (unpaired) electrons. The first-order chi connectivity index (χ1) is 9.56. The maximum atomic E-state index is 5.97. The first-order valence-corrected chi connectivity index (χ1v) is 10.1. The molecule has 0 aromatic rings. The van der Waals surface area contributed by atoms with Crippen molar-refractivity contribution in [1.29, 1.82) is 0 Å². The smallest absolute Gasteiger partial charge is 0.374 e. The summed E-state index contributed by atoms with van der Waals surface area (Å²) in [6.45, 7) is 12.7. The van der Waals surface area contributed by atoms with Gasteiger partial charge in [-0.3, -0.25) is 0 Å². The van der Waals surface area contributed by atoms with Crippen LogP contribution in [0.3, 0.4) is 0 Å². The van der Waals surface area contributed by atoms with Gasteiger partial charge in [0, 0.05) is 25.9 Å². The molecule has 0 aromatic heterocycles. The van der Waals surface area contributed by atoms with E-state index < -0.39 is 8.80 Å². The van der Waals surface area contributed by atoms with Crippen LogP contribution in [0.4, 0.5) is 0 Å². The molecule has 3 nitrogen and oxygen atoms in total. The maximum absolute atomic E-state index is 5.97. The van der Waals surface area contributed by atoms with Gasteiger partial charge in [-0.2, -0.15) is 0 Å². The van der Waals surface area contributed by atoms with E-state index in [2.05, 4.69) is 19.9 Å². The Labute approximate surface area is 126 Å². The first kappa shape index (κ1) is 17.9. The maximum Gasteiger partial charge on any atom is 0.501 e. The van der Waals surface area contributed by atoms with E-state index in [0.29, 0.717) is 25.7 Å². The van der Waals surface area contributed by atoms with Crippen LogP contribution in [0.25, 0.3) is 0 Å². The normalized spacial score (nSPS) is 21.6. The zero-order chi connectivity index (χ0) is 15.0. The third-order valence-electron chi connectivity index (χ3n) is 4.15. The Morgan fingerprint density at radius 1 is 1.15 bits per heavy atom. The second-order valence-corrected chi connectivity index (χ2v) is 8.39. The van der Waals surface area contributed by atoms with E-state index in [1.165, 1.54) is 24.8 Å². The largest absolute Gasteiger partial charge is 0.501 e. The summed E-state index contributed by atoms with van der Waals surface area (Å²) >= 11 is 0. The van der Waals surface area contributed by atoms with E-state index in [1.807, 2.05) is 20.8 Å². The lowest BCUT2D eigenvalue weighted by atomic mass is 9.83. The molecule has 0 heterocycles. The average Bonchev–Trinajstić information content (AvgIpc) is 2.40. The summed E-state index contributed by atoms with van der Waals surface area (Å²) in [7, 11) is -2.48. The Hall–Kier alpha value is -0.163. The summed E-state index contributed by atoms with van der Waals surface area (Å²) < 4.78 is 17.9. The second kappa shape index (κ2) is 8.98. The predicted octanol–water partition coefficient (Wildman–Crippen LogP) is 4.42. The van der Waals surface area contributed by atoms with Crippen LogP contribution in [-0.2, 0) is 13.3 Å². The fraction of sp³-hybridized carbons (Fsp3) is 0.875. The quantitative estimate of drug-likeness (QED) is 0.466. The lowest BCUT2D eigenvalue weighted by Crippen LogP contribution is -2.48. The molecule has 4 heteroatoms. The Balaban J connectivity index is 2.67. The third-order valence-corrected chi connectivity index (χ3v) is 7.48. The van der Waals surface area contributed by atoms with Crippen LogP contribution in [0.1, 0.15) is 53.9 Å². The number of allylic oxidation sites excluding steroid dienone is 2. The van der Waals surface area contributed by atoms with E-state index in [1.54, 1.807) is 0 Å². The van der Waals surface area contributed by atoms with Crippen molar-refractivity contribution < 1.29 is 13.3 Å². The molecule has 0 unspecified atom stereocenters. The molecule has 0 aliphatic heterocycles. The molecule has 0 saturated heterocycles. The topological polar surface area (TPSA) is 27.7 Å². The molecule has 0 bridgehead atoms. The van der Waals surface area contributed by atoms with Crippen molar-refractivity contribution in [2.45, 2.75) is 59.9 Å². The van der Waals surface area contributed by atoms with Crippen molar-refractivity contribution in [2.75, 3.05) is 19.8 Å². The van der Waals surface area contributed by atoms with Crippen LogP contribution in [0.5, 0.6) is 0 Å². The van der Waals surface area contributed by atoms with Gasteiger partial charge in [0.2, 0.25) is 0 Å². The summed E-state index contributed by atoms with van der Waals surface area (Å²) in [5, 5.41) is 0. The molecule has 1 aliphatic rings. The lowest BCUT2D eigenvalue weighted by Gasteiger charge is -2.34. The van der Waals surface area contributed by atoms with Crippen molar-refractivity contribution in [1.82, 2.24) is 0 Å². The molecule has 0 N–H and O–H groups in total. The lowest BCUT2D eigenvalue weighted by molar-refractivity contribution is 0.0645. The highest BCUT2D eigenvalue weighted by molar-refractivity contribution is 6.60. The van der Waals surface area contributed by atoms with Crippen LogP contribution in [-0.4, -0.2) is 28.6 Å². The SMILES string of the molecule is CCO[Si](C[C@H](C)[C@@H]1CC=C(C)CC1)(OCC)OCC. The molecule has 20 heavy (non-hydrogen) atoms. The second-order valence-electron chi connectivity index (χ2n) is 5.75. The summed E-state index contributed by atoms with van der Waals surface area (Å²) in [4.78, 5) is 0. The van der Waals surface area contributed by atoms with Gasteiger partial charge >= 0.3 is 8.80 Å². The van der Waals surface area contributed by atoms with Crippen LogP contribution in [0.2, 0.25) is 6.04 Å². The Bertz CT molecular complexity index is 287. The van der Waals surface area contributed by atoms with E-state index in [0.717, 1.165) is 12.0 Å². The standard InChI is InChI=1S/C16H32O3Si/c1-6-17-20(18-7-2,19-8-3)13-15(5)16-11-9-14(4)10-12-16/h9,15-16H,6-8,10-13H2,1-5H3/t15-,16+/m0/s1. The van der Waals surface area contributed by atoms with Crippen molar-refractivity contribution in [2.24, 2.45) is 11.8 Å². The van der Waals surface area contributed by atoms with Gasteiger partial charge in [-0.15, -0.1) is 0 Å². The van der Waals surface area contributed by atoms with Gasteiger partial charge in [-0.05, 0) is 58.8 Å². The molecule has 0 saturated carbocycles. The van der Waals surface area contributed by atoms with Crippen LogP contribution < -0.4 is 0 Å². The highest BCUT2D eigenvalue weighted by Gasteiger charge is 2.43. The summed E-state index contributed by atoms with van der Waals surface area (Å²) in [5.41, 5.74) is 1.54. The number of rotatable bonds is 9. The number of hydrogen-bond donors (Lipinski definition) is 0. The summed E-state index contributed by atoms with van der Waals surface area (Å²) in [6.07, 6.45) is 6.12. The molecule has 2 atom stereocenters. The zero-order valence-electron chi connectivity index (χ0n) is 13.9. The minimum absolute atomic E-state index is 0.593. The monoisotopic (exact) mass is 300 g/mol. The van der Waals surface area contributed by atoms with Crippen molar-refractivity contribution in [3.8, 4) is 0 Å². The fourth-order valence-electron chi connectivity index (χ4n) is 3.02. The van der Waals surface area contributed by atoms with Crippen molar-refractivity contribution >= 4 is 8.80 Å². The average molecular weight is 301 g/mol. The molecule has 0 amide bonds. The first-order valence-electron chi connectivity index (χ1n) is 8.14.